The number of aromatic hydroxyl groups is 1. The lowest BCUT2D eigenvalue weighted by atomic mass is 9.84. The molecule has 0 radical (unpaired) electrons. The summed E-state index contributed by atoms with van der Waals surface area (Å²) < 4.78 is 7.45. The molecule has 0 atom stereocenters. The van der Waals surface area contributed by atoms with Gasteiger partial charge in [-0.15, -0.1) is 0 Å². The van der Waals surface area contributed by atoms with Gasteiger partial charge in [0, 0.05) is 18.0 Å². The monoisotopic (exact) mass is 348 g/mol. The van der Waals surface area contributed by atoms with Gasteiger partial charge in [-0.1, -0.05) is 30.9 Å². The first-order chi connectivity index (χ1) is 12.6. The van der Waals surface area contributed by atoms with Crippen LogP contribution in [0.2, 0.25) is 0 Å². The second kappa shape index (κ2) is 6.70. The highest BCUT2D eigenvalue weighted by Crippen LogP contribution is 2.29. The number of anilines is 1. The normalized spacial score (nSPS) is 19.0. The fourth-order valence-corrected chi connectivity index (χ4v) is 3.11. The Kier molecular flexibility index (Phi) is 4.23. The summed E-state index contributed by atoms with van der Waals surface area (Å²) in [6, 6.07) is 7.05. The second-order valence-corrected chi connectivity index (χ2v) is 6.70. The maximum atomic E-state index is 10.00. The highest BCUT2D eigenvalue weighted by atomic mass is 16.5. The van der Waals surface area contributed by atoms with E-state index in [1.807, 2.05) is 6.07 Å². The number of phenols is 1. The van der Waals surface area contributed by atoms with Crippen LogP contribution in [0.4, 0.5) is 5.82 Å². The Bertz CT molecular complexity index is 1010. The van der Waals surface area contributed by atoms with Gasteiger partial charge in [0.1, 0.15) is 18.2 Å². The smallest absolute Gasteiger partial charge is 0.236 e. The molecule has 3 N–H and O–H groups in total. The van der Waals surface area contributed by atoms with E-state index in [0.717, 1.165) is 18.8 Å². The van der Waals surface area contributed by atoms with Crippen LogP contribution in [0.15, 0.2) is 36.7 Å². The van der Waals surface area contributed by atoms with Crippen LogP contribution < -0.4 is 5.73 Å². The molecule has 0 saturated heterocycles. The van der Waals surface area contributed by atoms with Crippen molar-refractivity contribution in [2.24, 2.45) is 5.92 Å². The zero-order valence-electron chi connectivity index (χ0n) is 14.5. The summed E-state index contributed by atoms with van der Waals surface area (Å²) in [5.41, 5.74) is 7.91. The van der Waals surface area contributed by atoms with E-state index in [4.69, 9.17) is 10.5 Å². The van der Waals surface area contributed by atoms with Crippen molar-refractivity contribution in [3.05, 3.63) is 42.2 Å². The zero-order valence-corrected chi connectivity index (χ0v) is 14.5. The molecule has 2 aromatic heterocycles. The first-order valence-corrected chi connectivity index (χ1v) is 8.64. The highest BCUT2D eigenvalue weighted by Gasteiger charge is 2.25. The van der Waals surface area contributed by atoms with E-state index in [1.165, 1.54) is 0 Å². The van der Waals surface area contributed by atoms with Crippen LogP contribution in [0.3, 0.4) is 0 Å². The molecule has 0 bridgehead atoms. The topological polar surface area (TPSA) is 85.7 Å². The number of imidazole rings is 1. The van der Waals surface area contributed by atoms with Crippen molar-refractivity contribution in [2.75, 3.05) is 12.3 Å². The Morgan fingerprint density at radius 2 is 2.08 bits per heavy atom. The Morgan fingerprint density at radius 3 is 2.85 bits per heavy atom. The van der Waals surface area contributed by atoms with Gasteiger partial charge < -0.3 is 15.6 Å². The van der Waals surface area contributed by atoms with E-state index in [-0.39, 0.29) is 5.75 Å². The quantitative estimate of drug-likeness (QED) is 0.711. The SMILES string of the molecule is CC1CC(OCC#Cc2cn3cc(-c4ccccc4O)nc3nc2N)C1. The second-order valence-electron chi connectivity index (χ2n) is 6.70. The molecule has 0 spiro atoms. The van der Waals surface area contributed by atoms with E-state index in [1.54, 1.807) is 35.0 Å². The Hall–Kier alpha value is -3.04. The molecule has 1 fully saturated rings. The van der Waals surface area contributed by atoms with Crippen LogP contribution in [0.5, 0.6) is 5.75 Å². The van der Waals surface area contributed by atoms with Gasteiger partial charge in [0.25, 0.3) is 0 Å². The number of benzene rings is 1. The molecule has 4 rings (SSSR count). The maximum absolute atomic E-state index is 10.00. The molecule has 0 unspecified atom stereocenters. The van der Waals surface area contributed by atoms with Crippen molar-refractivity contribution in [3.63, 3.8) is 0 Å². The van der Waals surface area contributed by atoms with Gasteiger partial charge in [-0.05, 0) is 30.9 Å². The molecule has 0 amide bonds. The van der Waals surface area contributed by atoms with Gasteiger partial charge in [0.2, 0.25) is 5.78 Å². The predicted octanol–water partition coefficient (Wildman–Crippen LogP) is 2.85. The van der Waals surface area contributed by atoms with Crippen LogP contribution >= 0.6 is 0 Å². The number of hydrogen-bond acceptors (Lipinski definition) is 5. The Morgan fingerprint density at radius 1 is 1.27 bits per heavy atom. The fraction of sp³-hybridized carbons (Fsp3) is 0.300. The third kappa shape index (κ3) is 3.22. The molecule has 1 aromatic carbocycles. The number of para-hydroxylation sites is 1. The molecule has 0 aliphatic heterocycles. The summed E-state index contributed by atoms with van der Waals surface area (Å²) >= 11 is 0. The van der Waals surface area contributed by atoms with Crippen molar-refractivity contribution in [1.29, 1.82) is 0 Å². The number of nitrogens with two attached hydrogens (primary N) is 1. The number of aromatic nitrogens is 3. The molecular formula is C20H20N4O2. The molecule has 2 heterocycles. The van der Waals surface area contributed by atoms with Crippen LogP contribution in [-0.4, -0.2) is 32.2 Å². The summed E-state index contributed by atoms with van der Waals surface area (Å²) in [4.78, 5) is 8.74. The Labute approximate surface area is 151 Å². The number of nitrogen functional groups attached to an aromatic ring is 1. The summed E-state index contributed by atoms with van der Waals surface area (Å²) in [6.07, 6.45) is 6.16. The van der Waals surface area contributed by atoms with Crippen molar-refractivity contribution in [3.8, 4) is 28.8 Å². The van der Waals surface area contributed by atoms with Gasteiger partial charge >= 0.3 is 0 Å². The number of ether oxygens (including phenoxy) is 1. The van der Waals surface area contributed by atoms with Gasteiger partial charge in [-0.25, -0.2) is 4.98 Å². The first-order valence-electron chi connectivity index (χ1n) is 8.64. The molecule has 26 heavy (non-hydrogen) atoms. The number of fused-ring (bicyclic) bond motifs is 1. The number of hydrogen-bond donors (Lipinski definition) is 2. The van der Waals surface area contributed by atoms with E-state index in [0.29, 0.717) is 41.1 Å². The minimum atomic E-state index is 0.173. The number of phenolic OH excluding ortho intramolecular Hbond substituents is 1. The van der Waals surface area contributed by atoms with Crippen molar-refractivity contribution in [1.82, 2.24) is 14.4 Å². The Balaban J connectivity index is 1.55. The summed E-state index contributed by atoms with van der Waals surface area (Å²) in [5.74, 6) is 7.75. The van der Waals surface area contributed by atoms with E-state index in [9.17, 15) is 5.11 Å². The molecule has 6 heteroatoms. The minimum absolute atomic E-state index is 0.173. The molecule has 1 aliphatic rings. The van der Waals surface area contributed by atoms with Crippen LogP contribution in [0.25, 0.3) is 17.0 Å². The molecular weight excluding hydrogens is 328 g/mol. The highest BCUT2D eigenvalue weighted by molar-refractivity contribution is 5.68. The fourth-order valence-electron chi connectivity index (χ4n) is 3.11. The third-order valence-corrected chi connectivity index (χ3v) is 4.60. The van der Waals surface area contributed by atoms with Crippen LogP contribution in [0, 0.1) is 17.8 Å². The molecule has 1 saturated carbocycles. The van der Waals surface area contributed by atoms with E-state index >= 15 is 0 Å². The number of rotatable bonds is 3. The standard InChI is InChI=1S/C20H20N4O2/c1-13-9-15(10-13)26-8-4-5-14-11-24-12-17(22-20(24)23-19(14)21)16-6-2-3-7-18(16)25/h2-3,6-7,11-13,15,25H,8-10H2,1H3,(H2,21,22,23). The summed E-state index contributed by atoms with van der Waals surface area (Å²) in [5, 5.41) is 10.00. The first kappa shape index (κ1) is 16.4. The average Bonchev–Trinajstić information content (AvgIpc) is 2.99. The lowest BCUT2D eigenvalue weighted by Crippen LogP contribution is -2.29. The van der Waals surface area contributed by atoms with Crippen LogP contribution in [-0.2, 0) is 4.74 Å². The van der Waals surface area contributed by atoms with Crippen molar-refractivity contribution >= 4 is 11.6 Å². The van der Waals surface area contributed by atoms with Gasteiger partial charge in [-0.2, -0.15) is 4.98 Å². The third-order valence-electron chi connectivity index (χ3n) is 4.60. The molecule has 132 valence electrons. The lowest BCUT2D eigenvalue weighted by Gasteiger charge is -2.31. The van der Waals surface area contributed by atoms with E-state index in [2.05, 4.69) is 28.7 Å². The average molecular weight is 348 g/mol. The zero-order chi connectivity index (χ0) is 18.1. The van der Waals surface area contributed by atoms with Crippen molar-refractivity contribution < 1.29 is 9.84 Å². The molecule has 6 nitrogen and oxygen atoms in total. The van der Waals surface area contributed by atoms with E-state index < -0.39 is 0 Å². The molecule has 1 aliphatic carbocycles. The van der Waals surface area contributed by atoms with Gasteiger partial charge in [0.05, 0.1) is 17.4 Å². The summed E-state index contributed by atoms with van der Waals surface area (Å²) in [7, 11) is 0. The summed E-state index contributed by atoms with van der Waals surface area (Å²) in [6.45, 7) is 2.61. The van der Waals surface area contributed by atoms with Gasteiger partial charge in [0.15, 0.2) is 0 Å². The minimum Gasteiger partial charge on any atom is -0.507 e. The lowest BCUT2D eigenvalue weighted by molar-refractivity contribution is -0.00901. The van der Waals surface area contributed by atoms with Gasteiger partial charge in [-0.3, -0.25) is 4.40 Å². The number of nitrogens with zero attached hydrogens (tertiary/aromatic N) is 3. The maximum Gasteiger partial charge on any atom is 0.236 e. The molecule has 3 aromatic rings. The predicted molar refractivity (Wildman–Crippen MR) is 99.5 cm³/mol. The van der Waals surface area contributed by atoms with Crippen LogP contribution in [0.1, 0.15) is 25.3 Å². The largest absolute Gasteiger partial charge is 0.507 e. The van der Waals surface area contributed by atoms with Crippen molar-refractivity contribution in [2.45, 2.75) is 25.9 Å².